The van der Waals surface area contributed by atoms with Crippen LogP contribution in [-0.4, -0.2) is 39.3 Å². The Bertz CT molecular complexity index is 517. The zero-order valence-electron chi connectivity index (χ0n) is 13.9. The highest BCUT2D eigenvalue weighted by atomic mass is 35.5. The summed E-state index contributed by atoms with van der Waals surface area (Å²) in [6, 6.07) is 6.08. The van der Waals surface area contributed by atoms with E-state index in [1.165, 1.54) is 5.56 Å². The van der Waals surface area contributed by atoms with E-state index in [1.54, 1.807) is 7.11 Å². The molecule has 0 atom stereocenters. The van der Waals surface area contributed by atoms with Crippen LogP contribution in [0.5, 0.6) is 5.75 Å². The number of methoxy groups -OCH3 is 1. The lowest BCUT2D eigenvalue weighted by molar-refractivity contribution is -0.135. The molecule has 1 aromatic rings. The molecule has 0 unspecified atom stereocenters. The molecule has 130 valence electrons. The van der Waals surface area contributed by atoms with E-state index in [1.807, 2.05) is 19.1 Å². The van der Waals surface area contributed by atoms with Crippen LogP contribution in [0.15, 0.2) is 18.2 Å². The maximum atomic E-state index is 12.5. The van der Waals surface area contributed by atoms with Crippen molar-refractivity contribution >= 4 is 18.3 Å². The molecule has 0 radical (unpaired) electrons. The predicted octanol–water partition coefficient (Wildman–Crippen LogP) is 1.84. The molecule has 3 N–H and O–H groups in total. The van der Waals surface area contributed by atoms with Crippen molar-refractivity contribution in [3.05, 3.63) is 29.3 Å². The second kappa shape index (κ2) is 9.11. The number of ether oxygens (including phenoxy) is 2. The normalized spacial score (nSPS) is 16.3. The molecule has 1 aliphatic rings. The summed E-state index contributed by atoms with van der Waals surface area (Å²) in [7, 11) is 1.66. The fraction of sp³-hybridized carbons (Fsp3) is 0.588. The third-order valence-electron chi connectivity index (χ3n) is 4.44. The minimum atomic E-state index is -0.463. The lowest BCUT2D eigenvalue weighted by Gasteiger charge is -2.34. The highest BCUT2D eigenvalue weighted by Gasteiger charge is 2.38. The zero-order valence-corrected chi connectivity index (χ0v) is 14.7. The molecule has 2 rings (SSSR count). The maximum Gasteiger partial charge on any atom is 0.227 e. The lowest BCUT2D eigenvalue weighted by Crippen LogP contribution is -2.49. The average Bonchev–Trinajstić information content (AvgIpc) is 2.55. The summed E-state index contributed by atoms with van der Waals surface area (Å²) >= 11 is 0. The van der Waals surface area contributed by atoms with Crippen LogP contribution in [0.3, 0.4) is 0 Å². The van der Waals surface area contributed by atoms with Gasteiger partial charge in [-0.3, -0.25) is 4.79 Å². The zero-order chi connectivity index (χ0) is 16.0. The molecule has 1 fully saturated rings. The topological polar surface area (TPSA) is 73.6 Å². The van der Waals surface area contributed by atoms with Gasteiger partial charge in [-0.2, -0.15) is 0 Å². The fourth-order valence-corrected chi connectivity index (χ4v) is 2.89. The first kappa shape index (κ1) is 19.7. The van der Waals surface area contributed by atoms with Crippen LogP contribution in [0, 0.1) is 12.3 Å². The van der Waals surface area contributed by atoms with E-state index < -0.39 is 5.41 Å². The van der Waals surface area contributed by atoms with Crippen LogP contribution in [0.1, 0.15) is 24.0 Å². The number of carbonyl (C=O) groups is 1. The first-order valence-corrected chi connectivity index (χ1v) is 7.81. The van der Waals surface area contributed by atoms with Gasteiger partial charge in [0.05, 0.1) is 12.5 Å². The summed E-state index contributed by atoms with van der Waals surface area (Å²) in [6.45, 7) is 4.22. The number of nitrogens with two attached hydrogens (primary N) is 1. The van der Waals surface area contributed by atoms with Crippen LogP contribution >= 0.6 is 12.4 Å². The molecular formula is C17H27ClN2O3. The molecule has 23 heavy (non-hydrogen) atoms. The minimum absolute atomic E-state index is 0. The molecule has 0 aromatic heterocycles. The molecule has 0 aliphatic carbocycles. The fourth-order valence-electron chi connectivity index (χ4n) is 2.89. The molecular weight excluding hydrogens is 316 g/mol. The molecule has 5 nitrogen and oxygen atoms in total. The van der Waals surface area contributed by atoms with Crippen molar-refractivity contribution in [2.75, 3.05) is 33.4 Å². The summed E-state index contributed by atoms with van der Waals surface area (Å²) in [5.41, 5.74) is 7.68. The Labute approximate surface area is 144 Å². The number of hydrogen-bond donors (Lipinski definition) is 2. The van der Waals surface area contributed by atoms with E-state index in [0.29, 0.717) is 39.1 Å². The summed E-state index contributed by atoms with van der Waals surface area (Å²) in [5.74, 6) is 0.907. The van der Waals surface area contributed by atoms with Crippen LogP contribution < -0.4 is 15.8 Å². The van der Waals surface area contributed by atoms with E-state index >= 15 is 0 Å². The molecule has 6 heteroatoms. The van der Waals surface area contributed by atoms with E-state index in [4.69, 9.17) is 15.2 Å². The lowest BCUT2D eigenvalue weighted by atomic mass is 9.79. The standard InChI is InChI=1S/C17H26N2O3.ClH/c1-13-3-4-15(21-2)14(11-13)5-8-19-16(20)17(12-18)6-9-22-10-7-17;/h3-4,11H,5-10,12,18H2,1-2H3,(H,19,20);1H. The van der Waals surface area contributed by atoms with Gasteiger partial charge >= 0.3 is 0 Å². The molecule has 0 bridgehead atoms. The third kappa shape index (κ3) is 4.83. The maximum absolute atomic E-state index is 12.5. The largest absolute Gasteiger partial charge is 0.496 e. The smallest absolute Gasteiger partial charge is 0.227 e. The van der Waals surface area contributed by atoms with Crippen molar-refractivity contribution in [1.82, 2.24) is 5.32 Å². The summed E-state index contributed by atoms with van der Waals surface area (Å²) in [4.78, 5) is 12.5. The van der Waals surface area contributed by atoms with E-state index in [-0.39, 0.29) is 18.3 Å². The first-order chi connectivity index (χ1) is 10.6. The van der Waals surface area contributed by atoms with Gasteiger partial charge in [0, 0.05) is 26.3 Å². The molecule has 1 aliphatic heterocycles. The second-order valence-corrected chi connectivity index (χ2v) is 5.92. The molecule has 1 amide bonds. The van der Waals surface area contributed by atoms with Crippen molar-refractivity contribution < 1.29 is 14.3 Å². The van der Waals surface area contributed by atoms with Gasteiger partial charge in [0.25, 0.3) is 0 Å². The average molecular weight is 343 g/mol. The van der Waals surface area contributed by atoms with Gasteiger partial charge in [-0.05, 0) is 37.8 Å². The van der Waals surface area contributed by atoms with Crippen LogP contribution in [0.4, 0.5) is 0 Å². The van der Waals surface area contributed by atoms with Crippen molar-refractivity contribution in [2.45, 2.75) is 26.2 Å². The quantitative estimate of drug-likeness (QED) is 0.827. The summed E-state index contributed by atoms with van der Waals surface area (Å²) in [5, 5.41) is 3.03. The van der Waals surface area contributed by atoms with Gasteiger partial charge in [0.1, 0.15) is 5.75 Å². The Morgan fingerprint density at radius 2 is 2.09 bits per heavy atom. The van der Waals surface area contributed by atoms with Crippen LogP contribution in [0.2, 0.25) is 0 Å². The Morgan fingerprint density at radius 3 is 2.70 bits per heavy atom. The van der Waals surface area contributed by atoms with E-state index in [9.17, 15) is 4.79 Å². The Hall–Kier alpha value is -1.30. The van der Waals surface area contributed by atoms with Crippen molar-refractivity contribution in [1.29, 1.82) is 0 Å². The van der Waals surface area contributed by atoms with Gasteiger partial charge in [-0.1, -0.05) is 17.7 Å². The Kier molecular flexibility index (Phi) is 7.82. The number of amides is 1. The highest BCUT2D eigenvalue weighted by Crippen LogP contribution is 2.29. The van der Waals surface area contributed by atoms with Gasteiger partial charge in [-0.25, -0.2) is 0 Å². The molecule has 1 heterocycles. The Balaban J connectivity index is 0.00000264. The molecule has 1 saturated heterocycles. The summed E-state index contributed by atoms with van der Waals surface area (Å²) in [6.07, 6.45) is 2.14. The molecule has 0 spiro atoms. The SMILES string of the molecule is COc1ccc(C)cc1CCNC(=O)C1(CN)CCOCC1.Cl. The number of carbonyl (C=O) groups excluding carboxylic acids is 1. The number of hydrogen-bond acceptors (Lipinski definition) is 4. The highest BCUT2D eigenvalue weighted by molar-refractivity contribution is 5.85. The second-order valence-electron chi connectivity index (χ2n) is 5.92. The number of nitrogens with one attached hydrogen (secondary N) is 1. The summed E-state index contributed by atoms with van der Waals surface area (Å²) < 4.78 is 10.7. The van der Waals surface area contributed by atoms with Crippen molar-refractivity contribution in [3.8, 4) is 5.75 Å². The molecule has 1 aromatic carbocycles. The monoisotopic (exact) mass is 342 g/mol. The third-order valence-corrected chi connectivity index (χ3v) is 4.44. The number of benzene rings is 1. The minimum Gasteiger partial charge on any atom is -0.496 e. The van der Waals surface area contributed by atoms with Gasteiger partial charge < -0.3 is 20.5 Å². The molecule has 0 saturated carbocycles. The van der Waals surface area contributed by atoms with Gasteiger partial charge in [0.2, 0.25) is 5.91 Å². The Morgan fingerprint density at radius 1 is 1.39 bits per heavy atom. The van der Waals surface area contributed by atoms with Gasteiger partial charge in [0.15, 0.2) is 0 Å². The van der Waals surface area contributed by atoms with Gasteiger partial charge in [-0.15, -0.1) is 12.4 Å². The number of aryl methyl sites for hydroxylation is 1. The van der Waals surface area contributed by atoms with E-state index in [2.05, 4.69) is 11.4 Å². The van der Waals surface area contributed by atoms with Crippen LogP contribution in [-0.2, 0) is 16.0 Å². The predicted molar refractivity (Wildman–Crippen MR) is 93.2 cm³/mol. The number of halogens is 1. The first-order valence-electron chi connectivity index (χ1n) is 7.81. The van der Waals surface area contributed by atoms with E-state index in [0.717, 1.165) is 17.7 Å². The van der Waals surface area contributed by atoms with Crippen molar-refractivity contribution in [3.63, 3.8) is 0 Å². The van der Waals surface area contributed by atoms with Crippen LogP contribution in [0.25, 0.3) is 0 Å². The number of rotatable bonds is 6. The van der Waals surface area contributed by atoms with Crippen molar-refractivity contribution in [2.24, 2.45) is 11.1 Å².